The summed E-state index contributed by atoms with van der Waals surface area (Å²) in [6.07, 6.45) is 1.87. The molecule has 2 N–H and O–H groups in total. The number of rotatable bonds is 7. The summed E-state index contributed by atoms with van der Waals surface area (Å²) >= 11 is 0. The summed E-state index contributed by atoms with van der Waals surface area (Å²) in [4.78, 5) is 30.6. The number of carbonyl (C=O) groups excluding carboxylic acids is 2. The Bertz CT molecular complexity index is 1330. The molecule has 0 bridgehead atoms. The maximum atomic E-state index is 11.9. The summed E-state index contributed by atoms with van der Waals surface area (Å²) in [6, 6.07) is 15.2. The third kappa shape index (κ3) is 6.57. The predicted molar refractivity (Wildman–Crippen MR) is 133 cm³/mol. The first kappa shape index (κ1) is 24.7. The third-order valence-corrected chi connectivity index (χ3v) is 7.79. The summed E-state index contributed by atoms with van der Waals surface area (Å²) in [5, 5.41) is 13.1. The Kier molecular flexibility index (Phi) is 7.66. The standard InChI is InChI=1S/C26H25N3O5S/c30-15-22(13-24-25(31)26(32)29-17-28-24)21-9-7-19(8-10-21)2-1-18-3-5-20(6-4-18)14-27-23-11-12-35(33,34)16-23/h3-10,17,22-23,27,30H,11-16H2. The van der Waals surface area contributed by atoms with E-state index in [2.05, 4.69) is 27.1 Å². The smallest absolute Gasteiger partial charge is 0.320 e. The minimum Gasteiger partial charge on any atom is -0.396 e. The third-order valence-electron chi connectivity index (χ3n) is 6.02. The number of ketones is 1. The maximum absolute atomic E-state index is 11.9. The van der Waals surface area contributed by atoms with Gasteiger partial charge in [-0.3, -0.25) is 9.59 Å². The average Bonchev–Trinajstić information content (AvgIpc) is 3.22. The zero-order valence-electron chi connectivity index (χ0n) is 19.0. The van der Waals surface area contributed by atoms with Crippen LogP contribution >= 0.6 is 0 Å². The van der Waals surface area contributed by atoms with Crippen molar-refractivity contribution in [3.63, 3.8) is 0 Å². The van der Waals surface area contributed by atoms with Crippen LogP contribution in [0.25, 0.3) is 0 Å². The molecule has 0 radical (unpaired) electrons. The van der Waals surface area contributed by atoms with E-state index < -0.39 is 21.5 Å². The van der Waals surface area contributed by atoms with Crippen LogP contribution < -0.4 is 5.32 Å². The van der Waals surface area contributed by atoms with Crippen molar-refractivity contribution >= 4 is 33.6 Å². The van der Waals surface area contributed by atoms with Crippen LogP contribution in [-0.4, -0.2) is 61.4 Å². The van der Waals surface area contributed by atoms with E-state index in [1.165, 1.54) is 0 Å². The molecule has 0 spiro atoms. The monoisotopic (exact) mass is 491 g/mol. The van der Waals surface area contributed by atoms with Crippen molar-refractivity contribution in [2.24, 2.45) is 9.98 Å². The Morgan fingerprint density at radius 3 is 2.29 bits per heavy atom. The van der Waals surface area contributed by atoms with Gasteiger partial charge in [-0.2, -0.15) is 4.99 Å². The highest BCUT2D eigenvalue weighted by molar-refractivity contribution is 7.91. The van der Waals surface area contributed by atoms with E-state index in [1.807, 2.05) is 48.5 Å². The second kappa shape index (κ2) is 10.9. The molecule has 2 heterocycles. The number of aliphatic hydroxyl groups is 1. The second-order valence-electron chi connectivity index (χ2n) is 8.59. The molecule has 1 fully saturated rings. The molecular weight excluding hydrogens is 466 g/mol. The summed E-state index contributed by atoms with van der Waals surface area (Å²) < 4.78 is 23.1. The van der Waals surface area contributed by atoms with Crippen molar-refractivity contribution < 1.29 is 23.1 Å². The van der Waals surface area contributed by atoms with Gasteiger partial charge >= 0.3 is 5.91 Å². The molecule has 8 nitrogen and oxygen atoms in total. The lowest BCUT2D eigenvalue weighted by Crippen LogP contribution is -2.29. The summed E-state index contributed by atoms with van der Waals surface area (Å²) in [5.41, 5.74) is 3.63. The summed E-state index contributed by atoms with van der Waals surface area (Å²) in [7, 11) is -2.89. The number of Topliss-reactive ketones (excluding diaryl/α,β-unsaturated/α-hetero) is 1. The molecule has 35 heavy (non-hydrogen) atoms. The van der Waals surface area contributed by atoms with Gasteiger partial charge in [0.15, 0.2) is 9.84 Å². The first-order valence-corrected chi connectivity index (χ1v) is 13.1. The van der Waals surface area contributed by atoms with Crippen molar-refractivity contribution in [3.05, 3.63) is 70.8 Å². The molecule has 2 aromatic rings. The van der Waals surface area contributed by atoms with E-state index in [1.54, 1.807) is 0 Å². The van der Waals surface area contributed by atoms with Crippen molar-refractivity contribution in [3.8, 4) is 11.8 Å². The van der Waals surface area contributed by atoms with Crippen LogP contribution in [0.1, 0.15) is 41.0 Å². The van der Waals surface area contributed by atoms with Gasteiger partial charge in [-0.1, -0.05) is 36.1 Å². The quantitative estimate of drug-likeness (QED) is 0.446. The number of nitrogens with one attached hydrogen (secondary N) is 1. The Morgan fingerprint density at radius 2 is 1.69 bits per heavy atom. The van der Waals surface area contributed by atoms with E-state index in [0.717, 1.165) is 28.6 Å². The topological polar surface area (TPSA) is 125 Å². The molecule has 2 aliphatic rings. The van der Waals surface area contributed by atoms with Crippen LogP contribution in [0.15, 0.2) is 58.5 Å². The second-order valence-corrected chi connectivity index (χ2v) is 10.8. The summed E-state index contributed by atoms with van der Waals surface area (Å²) in [6.45, 7) is 0.417. The van der Waals surface area contributed by atoms with E-state index in [-0.39, 0.29) is 42.2 Å². The Morgan fingerprint density at radius 1 is 1.03 bits per heavy atom. The van der Waals surface area contributed by atoms with E-state index >= 15 is 0 Å². The van der Waals surface area contributed by atoms with E-state index in [0.29, 0.717) is 13.0 Å². The lowest BCUT2D eigenvalue weighted by Gasteiger charge is -2.15. The molecule has 2 aromatic carbocycles. The van der Waals surface area contributed by atoms with Gasteiger partial charge < -0.3 is 10.4 Å². The molecule has 0 aliphatic carbocycles. The highest BCUT2D eigenvalue weighted by atomic mass is 32.2. The van der Waals surface area contributed by atoms with Crippen molar-refractivity contribution in [1.82, 2.24) is 5.32 Å². The van der Waals surface area contributed by atoms with Gasteiger partial charge in [0.2, 0.25) is 0 Å². The van der Waals surface area contributed by atoms with Gasteiger partial charge in [-0.15, -0.1) is 0 Å². The van der Waals surface area contributed by atoms with Crippen molar-refractivity contribution in [2.75, 3.05) is 18.1 Å². The normalized spacial score (nSPS) is 19.7. The molecule has 0 aromatic heterocycles. The number of hydrogen-bond acceptors (Lipinski definition) is 7. The van der Waals surface area contributed by atoms with Crippen LogP contribution in [-0.2, 0) is 26.0 Å². The van der Waals surface area contributed by atoms with Crippen LogP contribution in [0.3, 0.4) is 0 Å². The lowest BCUT2D eigenvalue weighted by atomic mass is 9.92. The molecular formula is C26H25N3O5S. The number of carbonyl (C=O) groups is 2. The molecule has 1 saturated heterocycles. The van der Waals surface area contributed by atoms with Gasteiger partial charge in [0, 0.05) is 36.1 Å². The zero-order chi connectivity index (χ0) is 24.8. The largest absolute Gasteiger partial charge is 0.396 e. The molecule has 9 heteroatoms. The molecule has 2 unspecified atom stereocenters. The van der Waals surface area contributed by atoms with Gasteiger partial charge in [-0.25, -0.2) is 13.4 Å². The SMILES string of the molecule is O=C1N=CN=C(CC(CO)c2ccc(C#Cc3ccc(CNC4CCS(=O)(=O)C4)cc3)cc2)C1=O. The molecule has 180 valence electrons. The van der Waals surface area contributed by atoms with Gasteiger partial charge in [0.05, 0.1) is 23.8 Å². The van der Waals surface area contributed by atoms with E-state index in [4.69, 9.17) is 0 Å². The molecule has 1 amide bonds. The highest BCUT2D eigenvalue weighted by Crippen LogP contribution is 2.21. The number of amides is 1. The summed E-state index contributed by atoms with van der Waals surface area (Å²) in [5.74, 6) is 4.74. The first-order chi connectivity index (χ1) is 16.8. The molecule has 0 saturated carbocycles. The number of benzene rings is 2. The Balaban J connectivity index is 1.34. The van der Waals surface area contributed by atoms with Crippen LogP contribution in [0.2, 0.25) is 0 Å². The highest BCUT2D eigenvalue weighted by Gasteiger charge is 2.27. The number of hydrogen-bond donors (Lipinski definition) is 2. The van der Waals surface area contributed by atoms with Crippen LogP contribution in [0.4, 0.5) is 0 Å². The number of aliphatic imine (C=N–C) groups is 2. The maximum Gasteiger partial charge on any atom is 0.320 e. The van der Waals surface area contributed by atoms with Crippen molar-refractivity contribution in [2.45, 2.75) is 31.3 Å². The lowest BCUT2D eigenvalue weighted by molar-refractivity contribution is -0.132. The van der Waals surface area contributed by atoms with Crippen molar-refractivity contribution in [1.29, 1.82) is 0 Å². The average molecular weight is 492 g/mol. The Hall–Kier alpha value is -3.45. The minimum absolute atomic E-state index is 0.0142. The molecule has 4 rings (SSSR count). The number of aliphatic hydroxyl groups excluding tert-OH is 1. The number of sulfone groups is 1. The van der Waals surface area contributed by atoms with Gasteiger partial charge in [-0.05, 0) is 41.8 Å². The van der Waals surface area contributed by atoms with E-state index in [9.17, 15) is 23.1 Å². The van der Waals surface area contributed by atoms with Crippen LogP contribution in [0.5, 0.6) is 0 Å². The Labute approximate surface area is 204 Å². The molecule has 2 atom stereocenters. The van der Waals surface area contributed by atoms with Gasteiger partial charge in [0.25, 0.3) is 5.78 Å². The van der Waals surface area contributed by atoms with Crippen LogP contribution in [0, 0.1) is 11.8 Å². The fourth-order valence-corrected chi connectivity index (χ4v) is 5.67. The van der Waals surface area contributed by atoms with Gasteiger partial charge in [0.1, 0.15) is 6.34 Å². The fourth-order valence-electron chi connectivity index (χ4n) is 3.97. The number of nitrogens with zero attached hydrogens (tertiary/aromatic N) is 2. The predicted octanol–water partition coefficient (Wildman–Crippen LogP) is 1.41. The first-order valence-electron chi connectivity index (χ1n) is 11.3. The zero-order valence-corrected chi connectivity index (χ0v) is 19.8. The fraction of sp³-hybridized carbons (Fsp3) is 0.308. The minimum atomic E-state index is -2.89. The molecule has 2 aliphatic heterocycles.